The zero-order valence-corrected chi connectivity index (χ0v) is 47.5. The number of rotatable bonds is 46. The highest BCUT2D eigenvalue weighted by Gasteiger charge is 2.53. The summed E-state index contributed by atoms with van der Waals surface area (Å²) in [6.45, 7) is 1.76. The van der Waals surface area contributed by atoms with E-state index in [2.05, 4.69) is 19.2 Å². The van der Waals surface area contributed by atoms with Crippen molar-refractivity contribution >= 4 is 5.91 Å². The second kappa shape index (κ2) is 42.6. The van der Waals surface area contributed by atoms with Gasteiger partial charge in [-0.2, -0.15) is 0 Å². The minimum Gasteiger partial charge on any atom is -0.394 e. The normalized spacial score (nSPS) is 30.6. The first-order chi connectivity index (χ1) is 37.3. The Morgan fingerprint density at radius 2 is 0.740 bits per heavy atom. The van der Waals surface area contributed by atoms with Gasteiger partial charge in [0.05, 0.1) is 38.6 Å². The number of amides is 1. The molecule has 3 heterocycles. The van der Waals surface area contributed by atoms with Gasteiger partial charge in [-0.15, -0.1) is 0 Å². The highest BCUT2D eigenvalue weighted by Crippen LogP contribution is 2.33. The lowest BCUT2D eigenvalue weighted by Crippen LogP contribution is -2.66. The van der Waals surface area contributed by atoms with Crippen LogP contribution in [0.15, 0.2) is 0 Å². The van der Waals surface area contributed by atoms with Crippen molar-refractivity contribution in [3.05, 3.63) is 0 Å². The summed E-state index contributed by atoms with van der Waals surface area (Å²) in [6.07, 6.45) is 13.7. The minimum absolute atomic E-state index is 0.245. The first-order valence-corrected chi connectivity index (χ1v) is 30.8. The topological polar surface area (TPSA) is 307 Å². The van der Waals surface area contributed by atoms with Crippen LogP contribution in [0.25, 0.3) is 0 Å². The fourth-order valence-electron chi connectivity index (χ4n) is 10.8. The van der Waals surface area contributed by atoms with Gasteiger partial charge in [0.15, 0.2) is 18.9 Å². The average Bonchev–Trinajstić information content (AvgIpc) is 3.42. The third-order valence-electron chi connectivity index (χ3n) is 15.9. The zero-order chi connectivity index (χ0) is 56.2. The number of unbranched alkanes of at least 4 members (excludes halogenated alkanes) is 30. The summed E-state index contributed by atoms with van der Waals surface area (Å²) in [5.74, 6) is -0.245. The van der Waals surface area contributed by atoms with Gasteiger partial charge in [0.2, 0.25) is 5.91 Å². The van der Waals surface area contributed by atoms with Crippen molar-refractivity contribution in [1.29, 1.82) is 0 Å². The van der Waals surface area contributed by atoms with Gasteiger partial charge >= 0.3 is 0 Å². The summed E-state index contributed by atoms with van der Waals surface area (Å²) in [5.41, 5.74) is 0. The van der Waals surface area contributed by atoms with Crippen molar-refractivity contribution in [2.75, 3.05) is 26.4 Å². The molecule has 0 aromatic rings. The summed E-state index contributed by atoms with van der Waals surface area (Å²) in [5, 5.41) is 120. The van der Waals surface area contributed by atoms with E-state index in [0.29, 0.717) is 12.8 Å². The first-order valence-electron chi connectivity index (χ1n) is 30.8. The summed E-state index contributed by atoms with van der Waals surface area (Å²) < 4.78 is 34.2. The molecule has 0 aliphatic carbocycles. The molecule has 0 aromatic heterocycles. The van der Waals surface area contributed by atoms with Gasteiger partial charge in [-0.05, 0) is 12.8 Å². The number of ether oxygens (including phenoxy) is 6. The van der Waals surface area contributed by atoms with Crippen LogP contribution in [-0.2, 0) is 33.2 Å². The SMILES string of the molecule is CCCCCCCCCCCCCCCCCCCCCCCCCCC(O)C(COC1OC(CO)C(OC2OC(CO)C(OC3OC(CO)C(O)C(O)C3O)C(O)C2O)C(O)C1O)NC(=O)CCCCCCCCCC. The summed E-state index contributed by atoms with van der Waals surface area (Å²) in [6, 6.07) is -0.878. The molecule has 456 valence electrons. The highest BCUT2D eigenvalue weighted by molar-refractivity contribution is 5.76. The highest BCUT2D eigenvalue weighted by atomic mass is 16.8. The lowest BCUT2D eigenvalue weighted by molar-refractivity contribution is -0.379. The maximum absolute atomic E-state index is 13.2. The number of carbonyl (C=O) groups is 1. The van der Waals surface area contributed by atoms with Gasteiger partial charge in [0, 0.05) is 6.42 Å². The van der Waals surface area contributed by atoms with Gasteiger partial charge in [-0.25, -0.2) is 0 Å². The van der Waals surface area contributed by atoms with Crippen LogP contribution in [-0.4, -0.2) is 193 Å². The molecular formula is C58H111NO18. The van der Waals surface area contributed by atoms with Crippen LogP contribution in [0.1, 0.15) is 232 Å². The number of hydrogen-bond donors (Lipinski definition) is 12. The largest absolute Gasteiger partial charge is 0.394 e. The van der Waals surface area contributed by atoms with Crippen molar-refractivity contribution in [1.82, 2.24) is 5.32 Å². The van der Waals surface area contributed by atoms with Crippen LogP contribution in [0.5, 0.6) is 0 Å². The predicted molar refractivity (Wildman–Crippen MR) is 291 cm³/mol. The van der Waals surface area contributed by atoms with E-state index in [1.165, 1.54) is 154 Å². The average molecular weight is 1110 g/mol. The van der Waals surface area contributed by atoms with Crippen molar-refractivity contribution in [2.24, 2.45) is 0 Å². The molecule has 77 heavy (non-hydrogen) atoms. The molecule has 3 rings (SSSR count). The molecule has 1 amide bonds. The van der Waals surface area contributed by atoms with Crippen LogP contribution in [0.2, 0.25) is 0 Å². The Labute approximate surface area is 462 Å². The Balaban J connectivity index is 1.42. The second-order valence-electron chi connectivity index (χ2n) is 22.5. The molecule has 12 N–H and O–H groups in total. The van der Waals surface area contributed by atoms with Crippen LogP contribution < -0.4 is 5.32 Å². The standard InChI is InChI=1S/C58H111NO18/c1-3-5-7-9-11-13-14-15-16-17-18-19-20-21-22-23-24-25-26-27-28-29-31-33-35-42(63)41(59-46(64)36-34-32-30-12-10-8-6-4-2)40-72-56-52(70)49(67)54(44(38-61)74-56)77-58-53(71)50(68)55(45(39-62)75-58)76-57-51(69)48(66)47(65)43(37-60)73-57/h41-45,47-58,60-63,65-71H,3-40H2,1-2H3,(H,59,64). The van der Waals surface area contributed by atoms with Crippen LogP contribution in [0.4, 0.5) is 0 Å². The van der Waals surface area contributed by atoms with E-state index < -0.39 is 124 Å². The Hall–Kier alpha value is -1.21. The maximum Gasteiger partial charge on any atom is 0.220 e. The summed E-state index contributed by atoms with van der Waals surface area (Å²) >= 11 is 0. The summed E-state index contributed by atoms with van der Waals surface area (Å²) in [7, 11) is 0. The maximum atomic E-state index is 13.2. The number of aliphatic hydroxyl groups is 11. The molecule has 0 spiro atoms. The van der Waals surface area contributed by atoms with Gasteiger partial charge < -0.3 is 89.9 Å². The lowest BCUT2D eigenvalue weighted by atomic mass is 9.96. The second-order valence-corrected chi connectivity index (χ2v) is 22.5. The van der Waals surface area contributed by atoms with Gasteiger partial charge in [-0.1, -0.05) is 213 Å². The molecule has 19 nitrogen and oxygen atoms in total. The van der Waals surface area contributed by atoms with Crippen molar-refractivity contribution in [3.63, 3.8) is 0 Å². The zero-order valence-electron chi connectivity index (χ0n) is 47.5. The van der Waals surface area contributed by atoms with Crippen LogP contribution >= 0.6 is 0 Å². The van der Waals surface area contributed by atoms with Crippen LogP contribution in [0, 0.1) is 0 Å². The van der Waals surface area contributed by atoms with Gasteiger partial charge in [0.1, 0.15) is 73.2 Å². The predicted octanol–water partition coefficient (Wildman–Crippen LogP) is 5.60. The molecule has 0 aromatic carbocycles. The van der Waals surface area contributed by atoms with E-state index >= 15 is 0 Å². The smallest absolute Gasteiger partial charge is 0.220 e. The van der Waals surface area contributed by atoms with E-state index in [1.807, 2.05) is 0 Å². The van der Waals surface area contributed by atoms with Crippen molar-refractivity contribution < 1.29 is 89.4 Å². The molecule has 0 bridgehead atoms. The summed E-state index contributed by atoms with van der Waals surface area (Å²) in [4.78, 5) is 13.2. The Morgan fingerprint density at radius 3 is 1.13 bits per heavy atom. The monoisotopic (exact) mass is 1110 g/mol. The van der Waals surface area contributed by atoms with E-state index in [4.69, 9.17) is 28.4 Å². The van der Waals surface area contributed by atoms with Gasteiger partial charge in [-0.3, -0.25) is 4.79 Å². The lowest BCUT2D eigenvalue weighted by Gasteiger charge is -2.48. The molecule has 19 heteroatoms. The van der Waals surface area contributed by atoms with Gasteiger partial charge in [0.25, 0.3) is 0 Å². The third kappa shape index (κ3) is 26.7. The molecule has 0 radical (unpaired) electrons. The Kier molecular flexibility index (Phi) is 38.7. The molecule has 0 saturated carbocycles. The molecule has 3 fully saturated rings. The first kappa shape index (κ1) is 70.1. The molecule has 17 atom stereocenters. The molecule has 3 aliphatic heterocycles. The van der Waals surface area contributed by atoms with Crippen molar-refractivity contribution in [2.45, 2.75) is 336 Å². The van der Waals surface area contributed by atoms with E-state index in [9.17, 15) is 61.0 Å². The fourth-order valence-corrected chi connectivity index (χ4v) is 10.8. The molecule has 3 aliphatic rings. The number of aliphatic hydroxyl groups excluding tert-OH is 11. The molecule has 3 saturated heterocycles. The number of hydrogen-bond acceptors (Lipinski definition) is 18. The van der Waals surface area contributed by atoms with E-state index in [1.54, 1.807) is 0 Å². The Morgan fingerprint density at radius 1 is 0.416 bits per heavy atom. The fraction of sp³-hybridized carbons (Fsp3) is 0.983. The number of nitrogens with one attached hydrogen (secondary N) is 1. The number of carbonyl (C=O) groups excluding carboxylic acids is 1. The molecular weight excluding hydrogens is 999 g/mol. The van der Waals surface area contributed by atoms with E-state index in [0.717, 1.165) is 44.9 Å². The van der Waals surface area contributed by atoms with Crippen LogP contribution in [0.3, 0.4) is 0 Å². The van der Waals surface area contributed by atoms with Crippen molar-refractivity contribution in [3.8, 4) is 0 Å². The quantitative estimate of drug-likeness (QED) is 0.0330. The van der Waals surface area contributed by atoms with E-state index in [-0.39, 0.29) is 18.9 Å². The minimum atomic E-state index is -1.97. The third-order valence-corrected chi connectivity index (χ3v) is 15.9. The molecule has 17 unspecified atom stereocenters. The Bertz CT molecular complexity index is 1420.